The number of nitrogens with zero attached hydrogens (tertiary/aromatic N) is 3. The van der Waals surface area contributed by atoms with Gasteiger partial charge in [-0.15, -0.1) is 0 Å². The average Bonchev–Trinajstić information content (AvgIpc) is 3.01. The summed E-state index contributed by atoms with van der Waals surface area (Å²) < 4.78 is 14.1. The van der Waals surface area contributed by atoms with Gasteiger partial charge < -0.3 is 0 Å². The molecule has 2 fully saturated rings. The molecule has 2 aliphatic rings. The molecule has 2 heterocycles. The van der Waals surface area contributed by atoms with Gasteiger partial charge in [0.15, 0.2) is 5.17 Å². The Morgan fingerprint density at radius 3 is 2.75 bits per heavy atom. The summed E-state index contributed by atoms with van der Waals surface area (Å²) in [6.45, 7) is 0. The van der Waals surface area contributed by atoms with Gasteiger partial charge in [0.05, 0.1) is 15.6 Å². The molecule has 0 bridgehead atoms. The number of hydrogen-bond donors (Lipinski definition) is 0. The van der Waals surface area contributed by atoms with Crippen molar-refractivity contribution >= 4 is 46.2 Å². The third kappa shape index (κ3) is 3.98. The third-order valence-electron chi connectivity index (χ3n) is 4.94. The Balaban J connectivity index is 1.73. The van der Waals surface area contributed by atoms with Crippen molar-refractivity contribution in [2.24, 2.45) is 4.99 Å². The number of aliphatic imine (C=N–C) groups is 1. The van der Waals surface area contributed by atoms with Crippen LogP contribution in [-0.2, 0) is 4.79 Å². The van der Waals surface area contributed by atoms with Crippen molar-refractivity contribution in [3.63, 3.8) is 0 Å². The van der Waals surface area contributed by atoms with Gasteiger partial charge in [-0.25, -0.2) is 9.38 Å². The molecule has 2 aromatic rings. The highest BCUT2D eigenvalue weighted by molar-refractivity contribution is 8.18. The minimum Gasteiger partial charge on any atom is -0.283 e. The largest absolute Gasteiger partial charge is 0.283 e. The normalized spacial score (nSPS) is 21.1. The van der Waals surface area contributed by atoms with E-state index in [1.807, 2.05) is 0 Å². The highest BCUT2D eigenvalue weighted by Crippen LogP contribution is 2.39. The van der Waals surface area contributed by atoms with Gasteiger partial charge in [-0.05, 0) is 42.8 Å². The Hall–Kier alpha value is -2.18. The maximum Gasteiger partial charge on any atom is 0.267 e. The molecular formula is C21H19ClFN3OS. The Morgan fingerprint density at radius 1 is 1.21 bits per heavy atom. The van der Waals surface area contributed by atoms with Crippen LogP contribution in [-0.4, -0.2) is 27.0 Å². The van der Waals surface area contributed by atoms with E-state index in [1.165, 1.54) is 30.4 Å². The van der Waals surface area contributed by atoms with Crippen LogP contribution in [0.1, 0.15) is 37.7 Å². The first-order chi connectivity index (χ1) is 13.6. The van der Waals surface area contributed by atoms with Crippen LogP contribution in [0, 0.1) is 5.82 Å². The Morgan fingerprint density at radius 2 is 2.00 bits per heavy atom. The fourth-order valence-corrected chi connectivity index (χ4v) is 4.73. The van der Waals surface area contributed by atoms with Gasteiger partial charge in [-0.1, -0.05) is 49.1 Å². The topological polar surface area (TPSA) is 45.6 Å². The van der Waals surface area contributed by atoms with E-state index in [4.69, 9.17) is 11.6 Å². The molecule has 1 saturated heterocycles. The van der Waals surface area contributed by atoms with E-state index in [0.29, 0.717) is 26.3 Å². The highest BCUT2D eigenvalue weighted by Gasteiger charge is 2.38. The lowest BCUT2D eigenvalue weighted by atomic mass is 9.94. The highest BCUT2D eigenvalue weighted by atomic mass is 35.5. The van der Waals surface area contributed by atoms with Crippen molar-refractivity contribution < 1.29 is 9.18 Å². The van der Waals surface area contributed by atoms with E-state index in [-0.39, 0.29) is 17.8 Å². The molecule has 0 unspecified atom stereocenters. The van der Waals surface area contributed by atoms with Gasteiger partial charge in [0.2, 0.25) is 0 Å². The number of halogens is 2. The molecule has 28 heavy (non-hydrogen) atoms. The predicted octanol–water partition coefficient (Wildman–Crippen LogP) is 5.81. The van der Waals surface area contributed by atoms with E-state index in [9.17, 15) is 9.18 Å². The summed E-state index contributed by atoms with van der Waals surface area (Å²) in [6.07, 6.45) is 10.0. The molecular weight excluding hydrogens is 397 g/mol. The fraction of sp³-hybridized carbons (Fsp3) is 0.286. The van der Waals surface area contributed by atoms with E-state index < -0.39 is 0 Å². The van der Waals surface area contributed by atoms with Crippen LogP contribution in [0.25, 0.3) is 6.08 Å². The summed E-state index contributed by atoms with van der Waals surface area (Å²) in [6, 6.07) is 8.27. The van der Waals surface area contributed by atoms with Crippen molar-refractivity contribution in [2.45, 2.75) is 38.1 Å². The molecule has 0 spiro atoms. The van der Waals surface area contributed by atoms with Gasteiger partial charge in [0.25, 0.3) is 5.91 Å². The molecule has 0 N–H and O–H groups in total. The quantitative estimate of drug-likeness (QED) is 0.594. The van der Waals surface area contributed by atoms with E-state index >= 15 is 0 Å². The Kier molecular flexibility index (Phi) is 5.78. The molecule has 4 nitrogen and oxygen atoms in total. The van der Waals surface area contributed by atoms with Gasteiger partial charge in [0.1, 0.15) is 5.82 Å². The van der Waals surface area contributed by atoms with Gasteiger partial charge in [-0.2, -0.15) is 0 Å². The zero-order chi connectivity index (χ0) is 19.5. The van der Waals surface area contributed by atoms with Crippen LogP contribution in [0.4, 0.5) is 10.1 Å². The number of aromatic nitrogens is 1. The number of amides is 1. The second-order valence-electron chi connectivity index (χ2n) is 6.82. The molecule has 1 aromatic heterocycles. The van der Waals surface area contributed by atoms with Crippen molar-refractivity contribution in [1.82, 2.24) is 9.88 Å². The van der Waals surface area contributed by atoms with Crippen molar-refractivity contribution in [1.29, 1.82) is 0 Å². The average molecular weight is 416 g/mol. The van der Waals surface area contributed by atoms with Crippen LogP contribution in [0.5, 0.6) is 0 Å². The van der Waals surface area contributed by atoms with E-state index in [1.54, 1.807) is 41.4 Å². The fourth-order valence-electron chi connectivity index (χ4n) is 3.52. The number of amidine groups is 1. The molecule has 1 aliphatic heterocycles. The minimum atomic E-state index is -0.352. The first-order valence-electron chi connectivity index (χ1n) is 9.29. The van der Waals surface area contributed by atoms with Crippen LogP contribution in [0.15, 0.2) is 52.6 Å². The molecule has 7 heteroatoms. The lowest BCUT2D eigenvalue weighted by Crippen LogP contribution is -2.40. The maximum absolute atomic E-state index is 14.1. The third-order valence-corrected chi connectivity index (χ3v) is 6.21. The predicted molar refractivity (Wildman–Crippen MR) is 112 cm³/mol. The standard InChI is InChI=1S/C21H19ClFN3OS/c22-16-13-24-11-10-18(16)25-21-26(15-7-2-1-3-8-15)20(27)19(28-21)12-14-6-4-5-9-17(14)23/h4-6,9-13,15H,1-3,7-8H2/b19-12-,25-21?. The Bertz CT molecular complexity index is 956. The number of thioether (sulfide) groups is 1. The molecule has 1 aliphatic carbocycles. The molecule has 0 atom stereocenters. The monoisotopic (exact) mass is 415 g/mol. The number of benzene rings is 1. The van der Waals surface area contributed by atoms with Crippen molar-refractivity contribution in [2.75, 3.05) is 0 Å². The lowest BCUT2D eigenvalue weighted by molar-refractivity contribution is -0.124. The van der Waals surface area contributed by atoms with Crippen LogP contribution >= 0.6 is 23.4 Å². The first kappa shape index (κ1) is 19.2. The minimum absolute atomic E-state index is 0.111. The maximum atomic E-state index is 14.1. The summed E-state index contributed by atoms with van der Waals surface area (Å²) in [4.78, 5) is 24.1. The zero-order valence-electron chi connectivity index (χ0n) is 15.1. The second kappa shape index (κ2) is 8.45. The number of pyridine rings is 1. The number of rotatable bonds is 3. The smallest absolute Gasteiger partial charge is 0.267 e. The zero-order valence-corrected chi connectivity index (χ0v) is 16.7. The number of hydrogen-bond acceptors (Lipinski definition) is 4. The molecule has 1 saturated carbocycles. The summed E-state index contributed by atoms with van der Waals surface area (Å²) in [5, 5.41) is 1.02. The SMILES string of the molecule is O=C1/C(=C/c2ccccc2F)SC(=Nc2ccncc2Cl)N1C1CCCCC1. The van der Waals surface area contributed by atoms with Gasteiger partial charge in [-0.3, -0.25) is 14.7 Å². The number of carbonyl (C=O) groups is 1. The van der Waals surface area contributed by atoms with Crippen LogP contribution in [0.2, 0.25) is 5.02 Å². The summed E-state index contributed by atoms with van der Waals surface area (Å²) in [7, 11) is 0. The molecule has 0 radical (unpaired) electrons. The van der Waals surface area contributed by atoms with Gasteiger partial charge in [0, 0.05) is 24.0 Å². The first-order valence-corrected chi connectivity index (χ1v) is 10.5. The van der Waals surface area contributed by atoms with Gasteiger partial charge >= 0.3 is 0 Å². The van der Waals surface area contributed by atoms with Crippen LogP contribution < -0.4 is 0 Å². The molecule has 4 rings (SSSR count). The summed E-state index contributed by atoms with van der Waals surface area (Å²) in [5.74, 6) is -0.473. The van der Waals surface area contributed by atoms with E-state index in [0.717, 1.165) is 25.7 Å². The summed E-state index contributed by atoms with van der Waals surface area (Å²) >= 11 is 7.48. The molecule has 1 amide bonds. The molecule has 144 valence electrons. The van der Waals surface area contributed by atoms with Crippen molar-refractivity contribution in [3.8, 4) is 0 Å². The second-order valence-corrected chi connectivity index (χ2v) is 8.24. The lowest BCUT2D eigenvalue weighted by Gasteiger charge is -2.30. The Labute approximate surface area is 172 Å². The summed E-state index contributed by atoms with van der Waals surface area (Å²) in [5.41, 5.74) is 0.963. The van der Waals surface area contributed by atoms with Crippen LogP contribution in [0.3, 0.4) is 0 Å². The molecule has 1 aromatic carbocycles. The van der Waals surface area contributed by atoms with E-state index in [2.05, 4.69) is 9.98 Å². The number of carbonyl (C=O) groups excluding carboxylic acids is 1. The van der Waals surface area contributed by atoms with Crippen molar-refractivity contribution in [3.05, 3.63) is 64.0 Å².